The molecule has 2 saturated carbocycles. The normalized spacial score (nSPS) is 22.5. The summed E-state index contributed by atoms with van der Waals surface area (Å²) in [5.74, 6) is 1.75. The van der Waals surface area contributed by atoms with Crippen LogP contribution in [0.15, 0.2) is 21.6 Å². The molecule has 2 fully saturated rings. The molecule has 4 aromatic heterocycles. The lowest BCUT2D eigenvalue weighted by Crippen LogP contribution is -2.20. The molecule has 0 unspecified atom stereocenters. The molecule has 7 rings (SSSR count). The number of rotatable bonds is 5. The summed E-state index contributed by atoms with van der Waals surface area (Å²) in [6.07, 6.45) is 4.74. The van der Waals surface area contributed by atoms with E-state index in [0.717, 1.165) is 29.7 Å². The number of nitrogens with one attached hydrogen (secondary N) is 1. The van der Waals surface area contributed by atoms with Crippen molar-refractivity contribution in [3.05, 3.63) is 44.8 Å². The molecule has 0 amide bonds. The maximum absolute atomic E-state index is 13.0. The van der Waals surface area contributed by atoms with Crippen LogP contribution >= 0.6 is 11.3 Å². The van der Waals surface area contributed by atoms with Gasteiger partial charge in [0.05, 0.1) is 0 Å². The number of aryl methyl sites for hydroxylation is 2. The number of hydrogen-bond donors (Lipinski definition) is 1. The molecule has 0 aliphatic heterocycles. The number of fused-ring (bicyclic) bond motifs is 3. The Morgan fingerprint density at radius 2 is 2.21 bits per heavy atom. The van der Waals surface area contributed by atoms with Crippen LogP contribution < -0.4 is 10.9 Å². The third-order valence-electron chi connectivity index (χ3n) is 7.54. The van der Waals surface area contributed by atoms with Crippen LogP contribution in [0, 0.1) is 5.41 Å². The van der Waals surface area contributed by atoms with Crippen molar-refractivity contribution in [1.29, 1.82) is 0 Å². The average molecular weight is 486 g/mol. The van der Waals surface area contributed by atoms with Crippen LogP contribution in [0.3, 0.4) is 0 Å². The molecule has 176 valence electrons. The Morgan fingerprint density at radius 1 is 1.35 bits per heavy atom. The SMILES string of the molecule is Cn1nc(C(F)F)cc1Nc1nncn1[C@H]1CCc2sc3nc([C@H]4CC45CC5)oc(=O)c3c2C1. The molecule has 3 aliphatic rings. The molecule has 0 bridgehead atoms. The van der Waals surface area contributed by atoms with Gasteiger partial charge >= 0.3 is 5.63 Å². The zero-order valence-electron chi connectivity index (χ0n) is 18.3. The molecule has 4 aromatic rings. The molecule has 12 heteroatoms. The summed E-state index contributed by atoms with van der Waals surface area (Å²) in [5.41, 5.74) is 0.763. The molecular formula is C22H21F2N7O2S. The minimum atomic E-state index is -2.65. The van der Waals surface area contributed by atoms with Crippen molar-refractivity contribution < 1.29 is 13.2 Å². The number of aromatic nitrogens is 6. The van der Waals surface area contributed by atoms with Crippen molar-refractivity contribution in [2.75, 3.05) is 5.32 Å². The lowest BCUT2D eigenvalue weighted by atomic mass is 9.92. The van der Waals surface area contributed by atoms with Gasteiger partial charge in [-0.2, -0.15) is 5.10 Å². The standard InChI is InChI=1S/C22H21F2N7O2S/c1-30-15(7-13(29-30)17(23)24)26-21-28-25-9-31(21)10-2-3-14-11(6-10)16-19(34-14)27-18(33-20(16)32)12-8-22(12)4-5-22/h7,9-10,12,17H,2-6,8H2,1H3,(H,26,28)/t10-,12+/m0/s1. The molecule has 3 aliphatic carbocycles. The maximum atomic E-state index is 13.0. The third-order valence-corrected chi connectivity index (χ3v) is 8.72. The summed E-state index contributed by atoms with van der Waals surface area (Å²) >= 11 is 1.60. The summed E-state index contributed by atoms with van der Waals surface area (Å²) in [5, 5.41) is 15.7. The quantitative estimate of drug-likeness (QED) is 0.451. The van der Waals surface area contributed by atoms with E-state index in [4.69, 9.17) is 9.40 Å². The van der Waals surface area contributed by atoms with Gasteiger partial charge in [0.2, 0.25) is 11.8 Å². The summed E-state index contributed by atoms with van der Waals surface area (Å²) in [4.78, 5) is 19.7. The van der Waals surface area contributed by atoms with Gasteiger partial charge in [-0.25, -0.2) is 18.6 Å². The van der Waals surface area contributed by atoms with Crippen molar-refractivity contribution in [3.63, 3.8) is 0 Å². The largest absolute Gasteiger partial charge is 0.407 e. The predicted octanol–water partition coefficient (Wildman–Crippen LogP) is 4.25. The van der Waals surface area contributed by atoms with Gasteiger partial charge in [-0.05, 0) is 49.5 Å². The van der Waals surface area contributed by atoms with E-state index in [1.807, 2.05) is 4.57 Å². The van der Waals surface area contributed by atoms with Crippen LogP contribution in [0.4, 0.5) is 20.5 Å². The minimum Gasteiger partial charge on any atom is -0.407 e. The summed E-state index contributed by atoms with van der Waals surface area (Å²) in [7, 11) is 1.59. The van der Waals surface area contributed by atoms with Crippen molar-refractivity contribution in [2.45, 2.75) is 56.9 Å². The summed E-state index contributed by atoms with van der Waals surface area (Å²) in [6, 6.07) is 1.30. The number of nitrogens with zero attached hydrogens (tertiary/aromatic N) is 6. The Kier molecular flexibility index (Phi) is 4.13. The van der Waals surface area contributed by atoms with Crippen LogP contribution in [-0.2, 0) is 19.9 Å². The number of anilines is 2. The molecule has 1 spiro atoms. The molecule has 2 atom stereocenters. The van der Waals surface area contributed by atoms with E-state index in [9.17, 15) is 13.6 Å². The van der Waals surface area contributed by atoms with Crippen molar-refractivity contribution >= 4 is 33.3 Å². The molecule has 34 heavy (non-hydrogen) atoms. The number of halogens is 2. The van der Waals surface area contributed by atoms with Gasteiger partial charge in [-0.1, -0.05) is 0 Å². The number of thiophene rings is 1. The highest BCUT2D eigenvalue weighted by atomic mass is 32.1. The van der Waals surface area contributed by atoms with Crippen LogP contribution in [-0.4, -0.2) is 29.5 Å². The van der Waals surface area contributed by atoms with Crippen molar-refractivity contribution in [3.8, 4) is 0 Å². The fourth-order valence-corrected chi connectivity index (χ4v) is 6.54. The Labute approximate surface area is 195 Å². The van der Waals surface area contributed by atoms with E-state index in [0.29, 0.717) is 40.8 Å². The molecule has 0 saturated heterocycles. The van der Waals surface area contributed by atoms with Crippen LogP contribution in [0.5, 0.6) is 0 Å². The van der Waals surface area contributed by atoms with Crippen molar-refractivity contribution in [2.24, 2.45) is 12.5 Å². The second-order valence-electron chi connectivity index (χ2n) is 9.60. The highest BCUT2D eigenvalue weighted by Gasteiger charge is 2.65. The highest BCUT2D eigenvalue weighted by Crippen LogP contribution is 2.74. The van der Waals surface area contributed by atoms with Crippen LogP contribution in [0.1, 0.15) is 66.1 Å². The predicted molar refractivity (Wildman–Crippen MR) is 120 cm³/mol. The van der Waals surface area contributed by atoms with Crippen LogP contribution in [0.25, 0.3) is 10.2 Å². The lowest BCUT2D eigenvalue weighted by Gasteiger charge is -2.24. The smallest absolute Gasteiger partial charge is 0.348 e. The van der Waals surface area contributed by atoms with E-state index < -0.39 is 6.43 Å². The maximum Gasteiger partial charge on any atom is 0.348 e. The number of alkyl halides is 2. The zero-order chi connectivity index (χ0) is 23.2. The Balaban J connectivity index is 1.19. The first-order chi connectivity index (χ1) is 16.4. The molecule has 4 heterocycles. The first kappa shape index (κ1) is 20.2. The lowest BCUT2D eigenvalue weighted by molar-refractivity contribution is 0.145. The molecule has 9 nitrogen and oxygen atoms in total. The monoisotopic (exact) mass is 485 g/mol. The summed E-state index contributed by atoms with van der Waals surface area (Å²) in [6.45, 7) is 0. The van der Waals surface area contributed by atoms with E-state index in [-0.39, 0.29) is 17.4 Å². The second kappa shape index (κ2) is 6.94. The topological polar surface area (TPSA) is 104 Å². The van der Waals surface area contributed by atoms with Crippen LogP contribution in [0.2, 0.25) is 0 Å². The second-order valence-corrected chi connectivity index (χ2v) is 10.7. The minimum absolute atomic E-state index is 0.00263. The zero-order valence-corrected chi connectivity index (χ0v) is 19.1. The molecular weight excluding hydrogens is 464 g/mol. The highest BCUT2D eigenvalue weighted by molar-refractivity contribution is 7.18. The van der Waals surface area contributed by atoms with E-state index in [1.54, 1.807) is 24.7 Å². The fourth-order valence-electron chi connectivity index (χ4n) is 5.33. The van der Waals surface area contributed by atoms with Crippen molar-refractivity contribution in [1.82, 2.24) is 29.5 Å². The van der Waals surface area contributed by atoms with Gasteiger partial charge in [0, 0.05) is 30.0 Å². The molecule has 1 N–H and O–H groups in total. The van der Waals surface area contributed by atoms with Gasteiger partial charge < -0.3 is 9.73 Å². The molecule has 0 aromatic carbocycles. The molecule has 0 radical (unpaired) electrons. The third kappa shape index (κ3) is 3.04. The first-order valence-corrected chi connectivity index (χ1v) is 12.2. The van der Waals surface area contributed by atoms with Gasteiger partial charge in [0.25, 0.3) is 6.43 Å². The van der Waals surface area contributed by atoms with E-state index >= 15 is 0 Å². The van der Waals surface area contributed by atoms with Gasteiger partial charge in [-0.15, -0.1) is 21.5 Å². The Hall–Kier alpha value is -3.15. The first-order valence-electron chi connectivity index (χ1n) is 11.4. The average Bonchev–Trinajstić information content (AvgIpc) is 3.55. The van der Waals surface area contributed by atoms with Gasteiger partial charge in [0.15, 0.2) is 0 Å². The van der Waals surface area contributed by atoms with E-state index in [2.05, 4.69) is 20.6 Å². The van der Waals surface area contributed by atoms with Gasteiger partial charge in [0.1, 0.15) is 28.1 Å². The van der Waals surface area contributed by atoms with E-state index in [1.165, 1.54) is 28.5 Å². The number of hydrogen-bond acceptors (Lipinski definition) is 8. The summed E-state index contributed by atoms with van der Waals surface area (Å²) < 4.78 is 35.0. The van der Waals surface area contributed by atoms with Gasteiger partial charge in [-0.3, -0.25) is 9.25 Å². The fraction of sp³-hybridized carbons (Fsp3) is 0.500. The Morgan fingerprint density at radius 3 is 2.94 bits per heavy atom. The Bertz CT molecular complexity index is 1500.